The van der Waals surface area contributed by atoms with Gasteiger partial charge in [-0.25, -0.2) is 0 Å². The highest BCUT2D eigenvalue weighted by molar-refractivity contribution is 5.77. The Morgan fingerprint density at radius 1 is 1.33 bits per heavy atom. The minimum atomic E-state index is -0.813. The molecule has 2 unspecified atom stereocenters. The first-order valence-electron chi connectivity index (χ1n) is 5.34. The number of aliphatic carboxylic acids is 1. The normalized spacial score (nSPS) is 15.0. The molecule has 0 spiro atoms. The fourth-order valence-electron chi connectivity index (χ4n) is 1.37. The molecule has 0 bridgehead atoms. The smallest absolute Gasteiger partial charge is 0.307 e. The van der Waals surface area contributed by atoms with Crippen molar-refractivity contribution >= 4 is 11.8 Å². The molecular weight excluding hydrogens is 194 g/mol. The lowest BCUT2D eigenvalue weighted by Gasteiger charge is -2.28. The topological polar surface area (TPSA) is 57.6 Å². The molecule has 0 aliphatic rings. The highest BCUT2D eigenvalue weighted by Gasteiger charge is 2.20. The molecule has 0 saturated carbocycles. The molecule has 0 aromatic rings. The molecule has 2 atom stereocenters. The van der Waals surface area contributed by atoms with Crippen molar-refractivity contribution < 1.29 is 14.7 Å². The van der Waals surface area contributed by atoms with Crippen molar-refractivity contribution in [3.05, 3.63) is 0 Å². The highest BCUT2D eigenvalue weighted by atomic mass is 16.4. The van der Waals surface area contributed by atoms with E-state index in [2.05, 4.69) is 0 Å². The van der Waals surface area contributed by atoms with Crippen LogP contribution in [0.1, 0.15) is 34.1 Å². The molecule has 0 saturated heterocycles. The third-order valence-corrected chi connectivity index (χ3v) is 2.57. The van der Waals surface area contributed by atoms with Gasteiger partial charge in [-0.05, 0) is 20.3 Å². The number of carbonyl (C=O) groups excluding carboxylic acids is 1. The molecule has 0 heterocycles. The summed E-state index contributed by atoms with van der Waals surface area (Å²) in [4.78, 5) is 23.7. The second-order valence-corrected chi connectivity index (χ2v) is 4.13. The Labute approximate surface area is 91.3 Å². The maximum Gasteiger partial charge on any atom is 0.307 e. The lowest BCUT2D eigenvalue weighted by atomic mass is 10.1. The van der Waals surface area contributed by atoms with Gasteiger partial charge in [-0.1, -0.05) is 13.8 Å². The van der Waals surface area contributed by atoms with Crippen LogP contribution < -0.4 is 0 Å². The van der Waals surface area contributed by atoms with E-state index in [9.17, 15) is 9.59 Å². The van der Waals surface area contributed by atoms with Crippen LogP contribution in [0.2, 0.25) is 0 Å². The fourth-order valence-corrected chi connectivity index (χ4v) is 1.37. The van der Waals surface area contributed by atoms with E-state index in [4.69, 9.17) is 5.11 Å². The Hall–Kier alpha value is -0.900. The molecule has 0 aliphatic heterocycles. The van der Waals surface area contributed by atoms with Crippen molar-refractivity contribution in [2.75, 3.05) is 13.1 Å². The first-order valence-corrected chi connectivity index (χ1v) is 5.34. The molecule has 0 aromatic heterocycles. The minimum absolute atomic E-state index is 0.0767. The Morgan fingerprint density at radius 2 is 1.87 bits per heavy atom. The van der Waals surface area contributed by atoms with E-state index in [1.807, 2.05) is 18.7 Å². The van der Waals surface area contributed by atoms with E-state index in [-0.39, 0.29) is 11.8 Å². The number of Topliss-reactive ketones (excluding diaryl/α,β-unsaturated/α-hetero) is 1. The predicted molar refractivity (Wildman–Crippen MR) is 58.8 cm³/mol. The molecule has 0 fully saturated rings. The van der Waals surface area contributed by atoms with Gasteiger partial charge < -0.3 is 5.11 Å². The van der Waals surface area contributed by atoms with Gasteiger partial charge in [0.05, 0.1) is 12.5 Å². The van der Waals surface area contributed by atoms with Gasteiger partial charge in [-0.15, -0.1) is 0 Å². The summed E-state index contributed by atoms with van der Waals surface area (Å²) in [7, 11) is 0. The van der Waals surface area contributed by atoms with Crippen LogP contribution in [0.25, 0.3) is 0 Å². The first kappa shape index (κ1) is 14.1. The molecule has 0 aromatic carbocycles. The maximum atomic E-state index is 11.0. The largest absolute Gasteiger partial charge is 0.481 e. The van der Waals surface area contributed by atoms with E-state index >= 15 is 0 Å². The molecule has 4 heteroatoms. The summed E-state index contributed by atoms with van der Waals surface area (Å²) in [5.74, 6) is -1.17. The van der Waals surface area contributed by atoms with Gasteiger partial charge in [-0.2, -0.15) is 0 Å². The zero-order valence-corrected chi connectivity index (χ0v) is 9.99. The van der Waals surface area contributed by atoms with Crippen molar-refractivity contribution in [1.29, 1.82) is 0 Å². The van der Waals surface area contributed by atoms with Crippen LogP contribution in [0, 0.1) is 5.92 Å². The molecule has 1 N–H and O–H groups in total. The molecular formula is C11H21NO3. The molecule has 15 heavy (non-hydrogen) atoms. The summed E-state index contributed by atoms with van der Waals surface area (Å²) < 4.78 is 0. The van der Waals surface area contributed by atoms with Gasteiger partial charge in [0.15, 0.2) is 0 Å². The van der Waals surface area contributed by atoms with Gasteiger partial charge in [0.1, 0.15) is 5.78 Å². The number of hydrogen-bond acceptors (Lipinski definition) is 3. The minimum Gasteiger partial charge on any atom is -0.481 e. The second-order valence-electron chi connectivity index (χ2n) is 4.13. The van der Waals surface area contributed by atoms with Crippen LogP contribution in [-0.4, -0.2) is 40.9 Å². The van der Waals surface area contributed by atoms with Crippen LogP contribution in [0.3, 0.4) is 0 Å². The molecule has 88 valence electrons. The standard InChI is InChI=1S/C11H21NO3/c1-5-9(3)12(7-10(4)13)6-8(2)11(14)15/h8-9H,5-7H2,1-4H3,(H,14,15). The third-order valence-electron chi connectivity index (χ3n) is 2.57. The Morgan fingerprint density at radius 3 is 2.20 bits per heavy atom. The van der Waals surface area contributed by atoms with E-state index in [0.717, 1.165) is 6.42 Å². The Balaban J connectivity index is 4.36. The van der Waals surface area contributed by atoms with E-state index in [1.54, 1.807) is 6.92 Å². The fraction of sp³-hybridized carbons (Fsp3) is 0.818. The van der Waals surface area contributed by atoms with E-state index in [1.165, 1.54) is 6.92 Å². The van der Waals surface area contributed by atoms with Gasteiger partial charge in [-0.3, -0.25) is 14.5 Å². The summed E-state index contributed by atoms with van der Waals surface area (Å²) in [5.41, 5.74) is 0. The van der Waals surface area contributed by atoms with E-state index < -0.39 is 11.9 Å². The third kappa shape index (κ3) is 5.52. The lowest BCUT2D eigenvalue weighted by Crippen LogP contribution is -2.40. The van der Waals surface area contributed by atoms with Crippen LogP contribution in [0.5, 0.6) is 0 Å². The lowest BCUT2D eigenvalue weighted by molar-refractivity contribution is -0.142. The zero-order chi connectivity index (χ0) is 12.0. The maximum absolute atomic E-state index is 11.0. The molecule has 4 nitrogen and oxygen atoms in total. The predicted octanol–water partition coefficient (Wildman–Crippen LogP) is 1.40. The number of nitrogens with zero attached hydrogens (tertiary/aromatic N) is 1. The quantitative estimate of drug-likeness (QED) is 0.697. The summed E-state index contributed by atoms with van der Waals surface area (Å²) >= 11 is 0. The van der Waals surface area contributed by atoms with Crippen LogP contribution in [0.15, 0.2) is 0 Å². The molecule has 0 amide bonds. The highest BCUT2D eigenvalue weighted by Crippen LogP contribution is 2.08. The van der Waals surface area contributed by atoms with Crippen LogP contribution >= 0.6 is 0 Å². The van der Waals surface area contributed by atoms with Crippen molar-refractivity contribution in [3.63, 3.8) is 0 Å². The van der Waals surface area contributed by atoms with Crippen molar-refractivity contribution in [2.24, 2.45) is 5.92 Å². The number of ketones is 1. The Kier molecular flexibility index (Phi) is 6.17. The van der Waals surface area contributed by atoms with Crippen molar-refractivity contribution in [1.82, 2.24) is 4.90 Å². The molecule has 0 radical (unpaired) electrons. The molecule has 0 aliphatic carbocycles. The SMILES string of the molecule is CCC(C)N(CC(C)=O)CC(C)C(=O)O. The zero-order valence-electron chi connectivity index (χ0n) is 9.99. The van der Waals surface area contributed by atoms with E-state index in [0.29, 0.717) is 13.1 Å². The average molecular weight is 215 g/mol. The van der Waals surface area contributed by atoms with Crippen LogP contribution in [0.4, 0.5) is 0 Å². The summed E-state index contributed by atoms with van der Waals surface area (Å²) in [6.45, 7) is 8.01. The van der Waals surface area contributed by atoms with Crippen molar-refractivity contribution in [2.45, 2.75) is 40.2 Å². The summed E-state index contributed by atoms with van der Waals surface area (Å²) in [6, 6.07) is 0.246. The second kappa shape index (κ2) is 6.56. The van der Waals surface area contributed by atoms with Crippen molar-refractivity contribution in [3.8, 4) is 0 Å². The number of carbonyl (C=O) groups is 2. The summed E-state index contributed by atoms with van der Waals surface area (Å²) in [5, 5.41) is 8.81. The van der Waals surface area contributed by atoms with Gasteiger partial charge in [0, 0.05) is 12.6 Å². The molecule has 0 rings (SSSR count). The van der Waals surface area contributed by atoms with Gasteiger partial charge in [0.2, 0.25) is 0 Å². The first-order chi connectivity index (χ1) is 6.88. The van der Waals surface area contributed by atoms with Crippen LogP contribution in [-0.2, 0) is 9.59 Å². The van der Waals surface area contributed by atoms with Gasteiger partial charge in [0.25, 0.3) is 0 Å². The number of carboxylic acid groups (broad SMARTS) is 1. The average Bonchev–Trinajstić information content (AvgIpc) is 2.14. The Bertz CT molecular complexity index is 228. The number of hydrogen-bond donors (Lipinski definition) is 1. The summed E-state index contributed by atoms with van der Waals surface area (Å²) in [6.07, 6.45) is 0.916. The van der Waals surface area contributed by atoms with Gasteiger partial charge >= 0.3 is 5.97 Å². The number of carboxylic acids is 1. The number of rotatable bonds is 7. The monoisotopic (exact) mass is 215 g/mol.